The molecule has 0 radical (unpaired) electrons. The van der Waals surface area contributed by atoms with E-state index in [4.69, 9.17) is 5.11 Å². The zero-order valence-corrected chi connectivity index (χ0v) is 13.4. The Morgan fingerprint density at radius 3 is 2.67 bits per heavy atom. The molecule has 1 rings (SSSR count). The molecule has 0 unspecified atom stereocenters. The predicted molar refractivity (Wildman–Crippen MR) is 86.2 cm³/mol. The average molecular weight is 287 g/mol. The number of aliphatic hydroxyl groups excluding tert-OH is 1. The molecule has 0 aromatic heterocycles. The Labute approximate surface area is 127 Å². The van der Waals surface area contributed by atoms with Crippen molar-refractivity contribution in [2.24, 2.45) is 5.41 Å². The SMILES string of the molecule is Cc1ccc(C#CCCO)c(C(=O)NCCC(C)(C)C)c1. The number of nitrogens with one attached hydrogen (secondary N) is 1. The molecule has 1 aromatic rings. The Kier molecular flexibility index (Phi) is 6.45. The largest absolute Gasteiger partial charge is 0.395 e. The van der Waals surface area contributed by atoms with E-state index in [1.165, 1.54) is 0 Å². The summed E-state index contributed by atoms with van der Waals surface area (Å²) in [6.07, 6.45) is 1.34. The van der Waals surface area contributed by atoms with Gasteiger partial charge in [-0.25, -0.2) is 0 Å². The molecule has 114 valence electrons. The van der Waals surface area contributed by atoms with Crippen LogP contribution >= 0.6 is 0 Å². The number of hydrogen-bond donors (Lipinski definition) is 2. The van der Waals surface area contributed by atoms with E-state index in [2.05, 4.69) is 37.9 Å². The summed E-state index contributed by atoms with van der Waals surface area (Å²) in [7, 11) is 0. The highest BCUT2D eigenvalue weighted by atomic mass is 16.2. The highest BCUT2D eigenvalue weighted by molar-refractivity contribution is 5.96. The van der Waals surface area contributed by atoms with Crippen molar-refractivity contribution in [3.05, 3.63) is 34.9 Å². The van der Waals surface area contributed by atoms with Gasteiger partial charge in [0.2, 0.25) is 0 Å². The van der Waals surface area contributed by atoms with Crippen LogP contribution in [0.25, 0.3) is 0 Å². The van der Waals surface area contributed by atoms with Gasteiger partial charge in [-0.1, -0.05) is 44.2 Å². The minimum absolute atomic E-state index is 0.0337. The summed E-state index contributed by atoms with van der Waals surface area (Å²) in [5.74, 6) is 5.74. The summed E-state index contributed by atoms with van der Waals surface area (Å²) >= 11 is 0. The van der Waals surface area contributed by atoms with E-state index in [0.717, 1.165) is 12.0 Å². The summed E-state index contributed by atoms with van der Waals surface area (Å²) in [6, 6.07) is 5.66. The maximum atomic E-state index is 12.3. The van der Waals surface area contributed by atoms with Crippen molar-refractivity contribution in [1.82, 2.24) is 5.32 Å². The van der Waals surface area contributed by atoms with Crippen LogP contribution in [0.3, 0.4) is 0 Å². The monoisotopic (exact) mass is 287 g/mol. The molecule has 3 nitrogen and oxygen atoms in total. The highest BCUT2D eigenvalue weighted by Gasteiger charge is 2.13. The molecule has 0 spiro atoms. The van der Waals surface area contributed by atoms with Crippen molar-refractivity contribution >= 4 is 5.91 Å². The van der Waals surface area contributed by atoms with Crippen molar-refractivity contribution in [2.45, 2.75) is 40.5 Å². The third-order valence-electron chi connectivity index (χ3n) is 3.04. The zero-order chi connectivity index (χ0) is 15.9. The van der Waals surface area contributed by atoms with Crippen molar-refractivity contribution in [3.63, 3.8) is 0 Å². The number of rotatable bonds is 4. The quantitative estimate of drug-likeness (QED) is 0.837. The second-order valence-electron chi connectivity index (χ2n) is 6.39. The molecule has 0 aliphatic heterocycles. The van der Waals surface area contributed by atoms with Crippen LogP contribution in [-0.4, -0.2) is 24.2 Å². The number of amides is 1. The smallest absolute Gasteiger partial charge is 0.252 e. The first-order chi connectivity index (χ1) is 9.83. The Bertz CT molecular complexity index is 545. The molecule has 0 atom stereocenters. The van der Waals surface area contributed by atoms with E-state index in [9.17, 15) is 4.79 Å². The van der Waals surface area contributed by atoms with E-state index in [-0.39, 0.29) is 17.9 Å². The predicted octanol–water partition coefficient (Wildman–Crippen LogP) is 2.89. The first kappa shape index (κ1) is 17.3. The zero-order valence-electron chi connectivity index (χ0n) is 13.4. The maximum absolute atomic E-state index is 12.3. The number of benzene rings is 1. The molecule has 0 aliphatic carbocycles. The number of aryl methyl sites for hydroxylation is 1. The normalized spacial score (nSPS) is 10.7. The topological polar surface area (TPSA) is 49.3 Å². The lowest BCUT2D eigenvalue weighted by atomic mass is 9.92. The lowest BCUT2D eigenvalue weighted by Gasteiger charge is -2.18. The number of carbonyl (C=O) groups is 1. The fourth-order valence-electron chi connectivity index (χ4n) is 1.81. The van der Waals surface area contributed by atoms with Crippen LogP contribution in [0.1, 0.15) is 55.1 Å². The molecular formula is C18H25NO2. The molecule has 2 N–H and O–H groups in total. The van der Waals surface area contributed by atoms with Crippen molar-refractivity contribution in [3.8, 4) is 11.8 Å². The van der Waals surface area contributed by atoms with Crippen LogP contribution in [-0.2, 0) is 0 Å². The van der Waals surface area contributed by atoms with E-state index in [0.29, 0.717) is 24.1 Å². The van der Waals surface area contributed by atoms with Gasteiger partial charge >= 0.3 is 0 Å². The molecule has 0 bridgehead atoms. The van der Waals surface area contributed by atoms with Crippen molar-refractivity contribution in [2.75, 3.05) is 13.2 Å². The number of aliphatic hydroxyl groups is 1. The van der Waals surface area contributed by atoms with Crippen LogP contribution in [0, 0.1) is 24.2 Å². The Morgan fingerprint density at radius 1 is 1.33 bits per heavy atom. The minimum atomic E-state index is -0.0868. The lowest BCUT2D eigenvalue weighted by Crippen LogP contribution is -2.28. The van der Waals surface area contributed by atoms with Gasteiger partial charge in [0.25, 0.3) is 5.91 Å². The van der Waals surface area contributed by atoms with E-state index < -0.39 is 0 Å². The Morgan fingerprint density at radius 2 is 2.05 bits per heavy atom. The van der Waals surface area contributed by atoms with Gasteiger partial charge < -0.3 is 10.4 Å². The first-order valence-corrected chi connectivity index (χ1v) is 7.32. The van der Waals surface area contributed by atoms with Gasteiger partial charge in [0.05, 0.1) is 12.2 Å². The summed E-state index contributed by atoms with van der Waals surface area (Å²) in [5, 5.41) is 11.7. The van der Waals surface area contributed by atoms with Crippen LogP contribution < -0.4 is 5.32 Å². The average Bonchev–Trinajstić information content (AvgIpc) is 2.39. The van der Waals surface area contributed by atoms with Gasteiger partial charge in [0.15, 0.2) is 0 Å². The van der Waals surface area contributed by atoms with Gasteiger partial charge in [-0.2, -0.15) is 0 Å². The molecule has 0 heterocycles. The molecule has 3 heteroatoms. The van der Waals surface area contributed by atoms with Gasteiger partial charge in [0, 0.05) is 18.5 Å². The second-order valence-corrected chi connectivity index (χ2v) is 6.39. The van der Waals surface area contributed by atoms with Crippen molar-refractivity contribution in [1.29, 1.82) is 0 Å². The lowest BCUT2D eigenvalue weighted by molar-refractivity contribution is 0.0949. The van der Waals surface area contributed by atoms with Crippen molar-refractivity contribution < 1.29 is 9.90 Å². The molecule has 1 aromatic carbocycles. The summed E-state index contributed by atoms with van der Waals surface area (Å²) in [4.78, 5) is 12.3. The van der Waals surface area contributed by atoms with Gasteiger partial charge in [-0.15, -0.1) is 0 Å². The minimum Gasteiger partial charge on any atom is -0.395 e. The highest BCUT2D eigenvalue weighted by Crippen LogP contribution is 2.17. The summed E-state index contributed by atoms with van der Waals surface area (Å²) in [6.45, 7) is 9.09. The van der Waals surface area contributed by atoms with Crippen LogP contribution in [0.4, 0.5) is 0 Å². The van der Waals surface area contributed by atoms with E-state index >= 15 is 0 Å². The van der Waals surface area contributed by atoms with E-state index in [1.54, 1.807) is 0 Å². The molecule has 0 fully saturated rings. The van der Waals surface area contributed by atoms with Gasteiger partial charge in [-0.3, -0.25) is 4.79 Å². The molecular weight excluding hydrogens is 262 g/mol. The maximum Gasteiger partial charge on any atom is 0.252 e. The fraction of sp³-hybridized carbons (Fsp3) is 0.500. The molecule has 21 heavy (non-hydrogen) atoms. The Hall–Kier alpha value is -1.79. The Balaban J connectivity index is 2.82. The second kappa shape index (κ2) is 7.85. The third kappa shape index (κ3) is 6.46. The van der Waals surface area contributed by atoms with Gasteiger partial charge in [-0.05, 0) is 30.9 Å². The molecule has 0 saturated heterocycles. The van der Waals surface area contributed by atoms with Gasteiger partial charge in [0.1, 0.15) is 0 Å². The van der Waals surface area contributed by atoms with Crippen LogP contribution in [0.2, 0.25) is 0 Å². The standard InChI is InChI=1S/C18H25NO2/c1-14-8-9-15(7-5-6-12-20)16(13-14)17(21)19-11-10-18(2,3)4/h8-9,13,20H,6,10-12H2,1-4H3,(H,19,21). The first-order valence-electron chi connectivity index (χ1n) is 7.32. The van der Waals surface area contributed by atoms with E-state index in [1.807, 2.05) is 25.1 Å². The third-order valence-corrected chi connectivity index (χ3v) is 3.04. The molecule has 0 aliphatic rings. The van der Waals surface area contributed by atoms with Crippen LogP contribution in [0.15, 0.2) is 18.2 Å². The van der Waals surface area contributed by atoms with Crippen LogP contribution in [0.5, 0.6) is 0 Å². The summed E-state index contributed by atoms with van der Waals surface area (Å²) in [5.41, 5.74) is 2.55. The molecule has 1 amide bonds. The summed E-state index contributed by atoms with van der Waals surface area (Å²) < 4.78 is 0. The molecule has 0 saturated carbocycles. The fourth-order valence-corrected chi connectivity index (χ4v) is 1.81. The number of hydrogen-bond acceptors (Lipinski definition) is 2. The number of carbonyl (C=O) groups excluding carboxylic acids is 1.